The van der Waals surface area contributed by atoms with Crippen LogP contribution in [0.25, 0.3) is 0 Å². The molecule has 0 radical (unpaired) electrons. The van der Waals surface area contributed by atoms with E-state index in [1.165, 1.54) is 11.1 Å². The van der Waals surface area contributed by atoms with Crippen molar-refractivity contribution in [3.05, 3.63) is 54.0 Å². The minimum atomic E-state index is 0.440. The summed E-state index contributed by atoms with van der Waals surface area (Å²) in [6, 6.07) is 11.1. The number of rotatable bonds is 3. The quantitative estimate of drug-likeness (QED) is 0.904. The first-order valence-corrected chi connectivity index (χ1v) is 6.62. The van der Waals surface area contributed by atoms with Gasteiger partial charge in [-0.25, -0.2) is 9.97 Å². The Balaban J connectivity index is 1.94. The minimum Gasteiger partial charge on any atom is -0.348 e. The van der Waals surface area contributed by atoms with E-state index < -0.39 is 0 Å². The number of benzene rings is 1. The van der Waals surface area contributed by atoms with Gasteiger partial charge in [0.2, 0.25) is 0 Å². The fraction of sp³-hybridized carbons (Fsp3) is 0.333. The van der Waals surface area contributed by atoms with Crippen LogP contribution in [-0.4, -0.2) is 29.6 Å². The molecule has 0 amide bonds. The molecule has 1 aromatic heterocycles. The molecule has 0 saturated heterocycles. The van der Waals surface area contributed by atoms with Gasteiger partial charge in [0.25, 0.3) is 0 Å². The first kappa shape index (κ1) is 12.1. The van der Waals surface area contributed by atoms with Crippen LogP contribution in [0.15, 0.2) is 42.9 Å². The van der Waals surface area contributed by atoms with E-state index in [0.717, 1.165) is 25.3 Å². The van der Waals surface area contributed by atoms with Gasteiger partial charge in [-0.1, -0.05) is 24.3 Å². The van der Waals surface area contributed by atoms with Crippen LogP contribution in [0.5, 0.6) is 0 Å². The summed E-state index contributed by atoms with van der Waals surface area (Å²) < 4.78 is 0. The molecule has 4 heteroatoms. The van der Waals surface area contributed by atoms with Gasteiger partial charge in [-0.2, -0.15) is 0 Å². The van der Waals surface area contributed by atoms with Crippen LogP contribution in [0.2, 0.25) is 0 Å². The third-order valence-electron chi connectivity index (χ3n) is 3.66. The van der Waals surface area contributed by atoms with Crippen LogP contribution in [0.1, 0.15) is 11.1 Å². The summed E-state index contributed by atoms with van der Waals surface area (Å²) in [5.74, 6) is 1.00. The molecular weight excluding hydrogens is 236 g/mol. The lowest BCUT2D eigenvalue weighted by Gasteiger charge is -2.37. The zero-order valence-electron chi connectivity index (χ0n) is 11.1. The highest BCUT2D eigenvalue weighted by Crippen LogP contribution is 2.26. The zero-order valence-corrected chi connectivity index (χ0v) is 11.1. The second-order valence-electron chi connectivity index (χ2n) is 4.88. The van der Waals surface area contributed by atoms with Crippen molar-refractivity contribution in [3.63, 3.8) is 0 Å². The smallest absolute Gasteiger partial charge is 0.132 e. The van der Waals surface area contributed by atoms with Crippen molar-refractivity contribution in [2.24, 2.45) is 0 Å². The second-order valence-corrected chi connectivity index (χ2v) is 4.88. The van der Waals surface area contributed by atoms with Gasteiger partial charge < -0.3 is 10.2 Å². The fourth-order valence-electron chi connectivity index (χ4n) is 2.73. The lowest BCUT2D eigenvalue weighted by molar-refractivity contribution is 0.523. The summed E-state index contributed by atoms with van der Waals surface area (Å²) in [6.07, 6.45) is 4.48. The Morgan fingerprint density at radius 2 is 2.11 bits per heavy atom. The van der Waals surface area contributed by atoms with Crippen molar-refractivity contribution < 1.29 is 0 Å². The number of fused-ring (bicyclic) bond motifs is 1. The highest BCUT2D eigenvalue weighted by molar-refractivity contribution is 5.45. The molecule has 1 aliphatic rings. The molecule has 1 N–H and O–H groups in total. The number of hydrogen-bond donors (Lipinski definition) is 1. The average Bonchev–Trinajstić information content (AvgIpc) is 2.48. The Morgan fingerprint density at radius 3 is 2.84 bits per heavy atom. The van der Waals surface area contributed by atoms with Gasteiger partial charge in [0.1, 0.15) is 12.1 Å². The van der Waals surface area contributed by atoms with E-state index in [2.05, 4.69) is 44.5 Å². The molecule has 1 aliphatic heterocycles. The number of aromatic nitrogens is 2. The molecule has 0 saturated carbocycles. The van der Waals surface area contributed by atoms with Gasteiger partial charge in [0, 0.05) is 25.3 Å². The molecule has 0 aliphatic carbocycles. The Hall–Kier alpha value is -1.94. The van der Waals surface area contributed by atoms with E-state index in [1.807, 2.05) is 13.1 Å². The van der Waals surface area contributed by atoms with Crippen LogP contribution in [0.3, 0.4) is 0 Å². The predicted octanol–water partition coefficient (Wildman–Crippen LogP) is 1.63. The molecule has 0 fully saturated rings. The van der Waals surface area contributed by atoms with Gasteiger partial charge in [0.05, 0.1) is 0 Å². The summed E-state index contributed by atoms with van der Waals surface area (Å²) >= 11 is 0. The van der Waals surface area contributed by atoms with Crippen molar-refractivity contribution in [2.45, 2.75) is 19.0 Å². The van der Waals surface area contributed by atoms with Crippen LogP contribution < -0.4 is 10.2 Å². The van der Waals surface area contributed by atoms with Crippen LogP contribution in [-0.2, 0) is 13.0 Å². The maximum absolute atomic E-state index is 4.39. The standard InChI is InChI=1S/C15H18N4/c1-16-9-14-8-12-4-2-3-5-13(12)10-19(14)15-6-7-17-11-18-15/h2-7,11,14,16H,8-10H2,1H3. The summed E-state index contributed by atoms with van der Waals surface area (Å²) in [7, 11) is 2.00. The molecule has 1 atom stereocenters. The number of hydrogen-bond acceptors (Lipinski definition) is 4. The normalized spacial score (nSPS) is 18.2. The molecular formula is C15H18N4. The van der Waals surface area contributed by atoms with Crippen LogP contribution in [0.4, 0.5) is 5.82 Å². The van der Waals surface area contributed by atoms with Crippen molar-refractivity contribution in [1.82, 2.24) is 15.3 Å². The Bertz CT molecular complexity index is 541. The van der Waals surface area contributed by atoms with E-state index in [1.54, 1.807) is 12.5 Å². The second kappa shape index (κ2) is 5.36. The molecule has 3 rings (SSSR count). The third kappa shape index (κ3) is 2.44. The van der Waals surface area contributed by atoms with E-state index >= 15 is 0 Å². The maximum atomic E-state index is 4.39. The lowest BCUT2D eigenvalue weighted by Crippen LogP contribution is -2.46. The predicted molar refractivity (Wildman–Crippen MR) is 76.1 cm³/mol. The Labute approximate surface area is 113 Å². The molecule has 0 spiro atoms. The number of nitrogens with zero attached hydrogens (tertiary/aromatic N) is 3. The topological polar surface area (TPSA) is 41.0 Å². The summed E-state index contributed by atoms with van der Waals surface area (Å²) in [4.78, 5) is 10.8. The van der Waals surface area contributed by atoms with Crippen molar-refractivity contribution in [3.8, 4) is 0 Å². The van der Waals surface area contributed by atoms with Crippen LogP contribution in [0, 0.1) is 0 Å². The van der Waals surface area contributed by atoms with E-state index in [0.29, 0.717) is 6.04 Å². The SMILES string of the molecule is CNCC1Cc2ccccc2CN1c1ccncn1. The fourth-order valence-corrected chi connectivity index (χ4v) is 2.73. The van der Waals surface area contributed by atoms with Crippen molar-refractivity contribution >= 4 is 5.82 Å². The Kier molecular flexibility index (Phi) is 3.42. The first-order chi connectivity index (χ1) is 9.38. The van der Waals surface area contributed by atoms with Gasteiger partial charge in [0.15, 0.2) is 0 Å². The maximum Gasteiger partial charge on any atom is 0.132 e. The number of anilines is 1. The Morgan fingerprint density at radius 1 is 1.26 bits per heavy atom. The molecule has 0 bridgehead atoms. The molecule has 1 unspecified atom stereocenters. The zero-order chi connectivity index (χ0) is 13.1. The number of nitrogens with one attached hydrogen (secondary N) is 1. The monoisotopic (exact) mass is 254 g/mol. The first-order valence-electron chi connectivity index (χ1n) is 6.62. The minimum absolute atomic E-state index is 0.440. The summed E-state index contributed by atoms with van der Waals surface area (Å²) in [5, 5.41) is 3.28. The van der Waals surface area contributed by atoms with Crippen molar-refractivity contribution in [1.29, 1.82) is 0 Å². The largest absolute Gasteiger partial charge is 0.348 e. The molecule has 19 heavy (non-hydrogen) atoms. The molecule has 2 heterocycles. The van der Waals surface area contributed by atoms with Gasteiger partial charge in [-0.15, -0.1) is 0 Å². The summed E-state index contributed by atoms with van der Waals surface area (Å²) in [6.45, 7) is 1.87. The number of likely N-dealkylation sites (N-methyl/N-ethyl adjacent to an activating group) is 1. The molecule has 2 aromatic rings. The van der Waals surface area contributed by atoms with E-state index in [4.69, 9.17) is 0 Å². The van der Waals surface area contributed by atoms with Crippen molar-refractivity contribution in [2.75, 3.05) is 18.5 Å². The molecule has 98 valence electrons. The highest BCUT2D eigenvalue weighted by Gasteiger charge is 2.26. The van der Waals surface area contributed by atoms with Gasteiger partial charge in [-0.05, 0) is 30.7 Å². The molecule has 1 aromatic carbocycles. The van der Waals surface area contributed by atoms with Gasteiger partial charge in [-0.3, -0.25) is 0 Å². The highest BCUT2D eigenvalue weighted by atomic mass is 15.2. The van der Waals surface area contributed by atoms with E-state index in [-0.39, 0.29) is 0 Å². The average molecular weight is 254 g/mol. The molecule has 4 nitrogen and oxygen atoms in total. The van der Waals surface area contributed by atoms with Crippen LogP contribution >= 0.6 is 0 Å². The van der Waals surface area contributed by atoms with E-state index in [9.17, 15) is 0 Å². The third-order valence-corrected chi connectivity index (χ3v) is 3.66. The summed E-state index contributed by atoms with van der Waals surface area (Å²) in [5.41, 5.74) is 2.85. The lowest BCUT2D eigenvalue weighted by atomic mass is 9.94. The van der Waals surface area contributed by atoms with Gasteiger partial charge >= 0.3 is 0 Å².